The molecule has 0 radical (unpaired) electrons. The topological polar surface area (TPSA) is 29.5 Å². The van der Waals surface area contributed by atoms with Crippen molar-refractivity contribution in [2.24, 2.45) is 5.92 Å². The van der Waals surface area contributed by atoms with Crippen molar-refractivity contribution in [3.05, 3.63) is 29.8 Å². The molecule has 0 aromatic heterocycles. The zero-order valence-electron chi connectivity index (χ0n) is 15.0. The van der Waals surface area contributed by atoms with E-state index in [0.717, 1.165) is 37.6 Å². The molecule has 0 saturated heterocycles. The van der Waals surface area contributed by atoms with Crippen LogP contribution in [0.5, 0.6) is 5.75 Å². The molecule has 0 N–H and O–H groups in total. The summed E-state index contributed by atoms with van der Waals surface area (Å²) < 4.78 is 6.07. The highest BCUT2D eigenvalue weighted by atomic mass is 16.5. The van der Waals surface area contributed by atoms with Crippen LogP contribution in [0.4, 0.5) is 0 Å². The average Bonchev–Trinajstić information content (AvgIpc) is 3.26. The number of amides is 1. The lowest BCUT2D eigenvalue weighted by Crippen LogP contribution is -2.33. The van der Waals surface area contributed by atoms with Gasteiger partial charge in [0, 0.05) is 19.5 Å². The summed E-state index contributed by atoms with van der Waals surface area (Å²) >= 11 is 0. The van der Waals surface area contributed by atoms with Crippen LogP contribution in [-0.4, -0.2) is 30.0 Å². The number of hydrogen-bond acceptors (Lipinski definition) is 2. The molecule has 0 spiro atoms. The van der Waals surface area contributed by atoms with Gasteiger partial charge in [0.2, 0.25) is 5.91 Å². The Labute approximate surface area is 146 Å². The summed E-state index contributed by atoms with van der Waals surface area (Å²) in [5, 5.41) is 0. The molecular formula is C21H31NO2. The standard InChI is InChI=1S/C21H31NO2/c1-2-14-22(16-18-10-11-18)21(23)13-12-17-6-5-9-20(15-17)24-19-7-3-4-8-19/h5-6,9,15,18-19H,2-4,7-8,10-14,16H2,1H3. The molecule has 2 saturated carbocycles. The van der Waals surface area contributed by atoms with E-state index < -0.39 is 0 Å². The van der Waals surface area contributed by atoms with Crippen molar-refractivity contribution in [3.8, 4) is 5.75 Å². The molecule has 132 valence electrons. The highest BCUT2D eigenvalue weighted by Crippen LogP contribution is 2.30. The van der Waals surface area contributed by atoms with Crippen molar-refractivity contribution in [2.75, 3.05) is 13.1 Å². The van der Waals surface area contributed by atoms with Crippen molar-refractivity contribution in [2.45, 2.75) is 70.8 Å². The van der Waals surface area contributed by atoms with Crippen LogP contribution in [0.2, 0.25) is 0 Å². The van der Waals surface area contributed by atoms with Gasteiger partial charge in [0.15, 0.2) is 0 Å². The van der Waals surface area contributed by atoms with Gasteiger partial charge in [-0.2, -0.15) is 0 Å². The number of aryl methyl sites for hydroxylation is 1. The zero-order valence-corrected chi connectivity index (χ0v) is 15.0. The Balaban J connectivity index is 1.50. The third-order valence-corrected chi connectivity index (χ3v) is 5.15. The molecule has 24 heavy (non-hydrogen) atoms. The van der Waals surface area contributed by atoms with Gasteiger partial charge in [-0.3, -0.25) is 4.79 Å². The second kappa shape index (κ2) is 8.55. The second-order valence-corrected chi connectivity index (χ2v) is 7.45. The van der Waals surface area contributed by atoms with Gasteiger partial charge >= 0.3 is 0 Å². The fourth-order valence-corrected chi connectivity index (χ4v) is 3.58. The van der Waals surface area contributed by atoms with Crippen molar-refractivity contribution < 1.29 is 9.53 Å². The predicted octanol–water partition coefficient (Wildman–Crippen LogP) is 4.59. The van der Waals surface area contributed by atoms with Crippen molar-refractivity contribution in [1.82, 2.24) is 4.90 Å². The minimum atomic E-state index is 0.311. The van der Waals surface area contributed by atoms with Crippen LogP contribution < -0.4 is 4.74 Å². The van der Waals surface area contributed by atoms with E-state index in [1.807, 2.05) is 6.07 Å². The summed E-state index contributed by atoms with van der Waals surface area (Å²) in [6.45, 7) is 4.02. The number of carbonyl (C=O) groups is 1. The Morgan fingerprint density at radius 2 is 2.00 bits per heavy atom. The van der Waals surface area contributed by atoms with Gasteiger partial charge in [0.05, 0.1) is 6.10 Å². The summed E-state index contributed by atoms with van der Waals surface area (Å²) in [6, 6.07) is 8.33. The van der Waals surface area contributed by atoms with Gasteiger partial charge < -0.3 is 9.64 Å². The minimum Gasteiger partial charge on any atom is -0.490 e. The lowest BCUT2D eigenvalue weighted by Gasteiger charge is -2.22. The molecule has 3 heteroatoms. The van der Waals surface area contributed by atoms with Gasteiger partial charge in [-0.05, 0) is 75.0 Å². The first kappa shape index (κ1) is 17.3. The van der Waals surface area contributed by atoms with Gasteiger partial charge in [-0.25, -0.2) is 0 Å². The predicted molar refractivity (Wildman–Crippen MR) is 97.2 cm³/mol. The lowest BCUT2D eigenvalue weighted by atomic mass is 10.1. The Morgan fingerprint density at radius 3 is 2.71 bits per heavy atom. The van der Waals surface area contributed by atoms with E-state index in [-0.39, 0.29) is 0 Å². The van der Waals surface area contributed by atoms with Crippen molar-refractivity contribution in [3.63, 3.8) is 0 Å². The van der Waals surface area contributed by atoms with Crippen LogP contribution in [0, 0.1) is 5.92 Å². The van der Waals surface area contributed by atoms with E-state index in [2.05, 4.69) is 30.0 Å². The van der Waals surface area contributed by atoms with Gasteiger partial charge in [-0.1, -0.05) is 19.1 Å². The fraction of sp³-hybridized carbons (Fsp3) is 0.667. The summed E-state index contributed by atoms with van der Waals surface area (Å²) in [4.78, 5) is 14.6. The third kappa shape index (κ3) is 5.25. The van der Waals surface area contributed by atoms with Crippen LogP contribution in [0.3, 0.4) is 0 Å². The molecule has 2 fully saturated rings. The van der Waals surface area contributed by atoms with E-state index in [1.165, 1.54) is 44.1 Å². The smallest absolute Gasteiger partial charge is 0.222 e. The maximum absolute atomic E-state index is 12.5. The van der Waals surface area contributed by atoms with Gasteiger partial charge in [-0.15, -0.1) is 0 Å². The summed E-state index contributed by atoms with van der Waals surface area (Å²) in [6.07, 6.45) is 10.4. The summed E-state index contributed by atoms with van der Waals surface area (Å²) in [5.41, 5.74) is 1.21. The monoisotopic (exact) mass is 329 g/mol. The number of nitrogens with zero attached hydrogens (tertiary/aromatic N) is 1. The number of carbonyl (C=O) groups excluding carboxylic acids is 1. The van der Waals surface area contributed by atoms with Gasteiger partial charge in [0.25, 0.3) is 0 Å². The zero-order chi connectivity index (χ0) is 16.8. The number of hydrogen-bond donors (Lipinski definition) is 0. The minimum absolute atomic E-state index is 0.311. The molecule has 0 aliphatic heterocycles. The SMILES string of the molecule is CCCN(CC1CC1)C(=O)CCc1cccc(OC2CCCC2)c1. The Morgan fingerprint density at radius 1 is 1.21 bits per heavy atom. The van der Waals surface area contributed by atoms with Crippen LogP contribution in [-0.2, 0) is 11.2 Å². The lowest BCUT2D eigenvalue weighted by molar-refractivity contribution is -0.131. The molecule has 1 aromatic carbocycles. The largest absolute Gasteiger partial charge is 0.490 e. The first-order valence-corrected chi connectivity index (χ1v) is 9.78. The van der Waals surface area contributed by atoms with Gasteiger partial charge in [0.1, 0.15) is 5.75 Å². The molecular weight excluding hydrogens is 298 g/mol. The molecule has 0 atom stereocenters. The number of ether oxygens (including phenoxy) is 1. The molecule has 0 unspecified atom stereocenters. The molecule has 3 rings (SSSR count). The van der Waals surface area contributed by atoms with Crippen molar-refractivity contribution in [1.29, 1.82) is 0 Å². The number of benzene rings is 1. The van der Waals surface area contributed by atoms with E-state index in [1.54, 1.807) is 0 Å². The van der Waals surface area contributed by atoms with E-state index in [9.17, 15) is 4.79 Å². The molecule has 2 aliphatic carbocycles. The van der Waals surface area contributed by atoms with Crippen LogP contribution >= 0.6 is 0 Å². The highest BCUT2D eigenvalue weighted by Gasteiger charge is 2.26. The number of rotatable bonds is 9. The Kier molecular flexibility index (Phi) is 6.17. The first-order chi connectivity index (χ1) is 11.7. The van der Waals surface area contributed by atoms with E-state index in [0.29, 0.717) is 18.4 Å². The Hall–Kier alpha value is -1.51. The normalized spacial score (nSPS) is 17.9. The third-order valence-electron chi connectivity index (χ3n) is 5.15. The molecule has 3 nitrogen and oxygen atoms in total. The molecule has 1 amide bonds. The second-order valence-electron chi connectivity index (χ2n) is 7.45. The van der Waals surface area contributed by atoms with Crippen LogP contribution in [0.1, 0.15) is 63.9 Å². The maximum atomic E-state index is 12.5. The maximum Gasteiger partial charge on any atom is 0.222 e. The van der Waals surface area contributed by atoms with E-state index >= 15 is 0 Å². The van der Waals surface area contributed by atoms with E-state index in [4.69, 9.17) is 4.74 Å². The Bertz CT molecular complexity index is 532. The highest BCUT2D eigenvalue weighted by molar-refractivity contribution is 5.76. The fourth-order valence-electron chi connectivity index (χ4n) is 3.58. The molecule has 1 aromatic rings. The van der Waals surface area contributed by atoms with Crippen LogP contribution in [0.25, 0.3) is 0 Å². The average molecular weight is 329 g/mol. The molecule has 0 bridgehead atoms. The van der Waals surface area contributed by atoms with Crippen LogP contribution in [0.15, 0.2) is 24.3 Å². The molecule has 0 heterocycles. The summed E-state index contributed by atoms with van der Waals surface area (Å²) in [7, 11) is 0. The summed E-state index contributed by atoms with van der Waals surface area (Å²) in [5.74, 6) is 2.05. The quantitative estimate of drug-likeness (QED) is 0.663. The molecule has 2 aliphatic rings. The first-order valence-electron chi connectivity index (χ1n) is 9.78. The van der Waals surface area contributed by atoms with Crippen molar-refractivity contribution >= 4 is 5.91 Å².